The van der Waals surface area contributed by atoms with Gasteiger partial charge in [-0.3, -0.25) is 9.59 Å². The van der Waals surface area contributed by atoms with E-state index >= 15 is 0 Å². The van der Waals surface area contributed by atoms with Gasteiger partial charge in [-0.15, -0.1) is 0 Å². The van der Waals surface area contributed by atoms with Gasteiger partial charge in [-0.1, -0.05) is 35.9 Å². The predicted octanol–water partition coefficient (Wildman–Crippen LogP) is 5.47. The molecule has 3 unspecified atom stereocenters. The van der Waals surface area contributed by atoms with E-state index in [1.165, 1.54) is 16.8 Å². The fraction of sp³-hybridized carbons (Fsp3) is 0.394. The summed E-state index contributed by atoms with van der Waals surface area (Å²) in [5.74, 6) is -0.869. The molecule has 3 aromatic rings. The Morgan fingerprint density at radius 3 is 2.30 bits per heavy atom. The van der Waals surface area contributed by atoms with Gasteiger partial charge < -0.3 is 24.5 Å². The highest BCUT2D eigenvalue weighted by atomic mass is 16.7. The minimum atomic E-state index is -0.881. The molecule has 2 fully saturated rings. The summed E-state index contributed by atoms with van der Waals surface area (Å²) in [4.78, 5) is 31.6. The molecule has 3 aliphatic rings. The third-order valence-corrected chi connectivity index (χ3v) is 9.08. The minimum absolute atomic E-state index is 0.0301. The van der Waals surface area contributed by atoms with Crippen molar-refractivity contribution in [3.63, 3.8) is 0 Å². The van der Waals surface area contributed by atoms with E-state index in [-0.39, 0.29) is 23.2 Å². The fourth-order valence-corrected chi connectivity index (χ4v) is 6.78. The Morgan fingerprint density at radius 2 is 1.68 bits per heavy atom. The lowest BCUT2D eigenvalue weighted by molar-refractivity contribution is -0.146. The van der Waals surface area contributed by atoms with Gasteiger partial charge in [0.15, 0.2) is 5.72 Å². The molecule has 3 aromatic carbocycles. The zero-order valence-corrected chi connectivity index (χ0v) is 23.8. The number of hydrogen-bond acceptors (Lipinski definition) is 5. The summed E-state index contributed by atoms with van der Waals surface area (Å²) in [5, 5.41) is 9.48. The van der Waals surface area contributed by atoms with E-state index in [0.717, 1.165) is 24.3 Å². The number of carbonyl (C=O) groups is 2. The van der Waals surface area contributed by atoms with Crippen molar-refractivity contribution in [3.05, 3.63) is 89.5 Å². The SMILES string of the molecule is CCN(c1ccc(C)cc1)C12OC1C21CCN(C(=O)c2ccc(N(C)CC(C)(C)C(=O)O)cc2)c2ccccc21. The average Bonchev–Trinajstić information content (AvgIpc) is 3.83. The highest BCUT2D eigenvalue weighted by Crippen LogP contribution is 2.79. The first kappa shape index (κ1) is 26.4. The second-order valence-electron chi connectivity index (χ2n) is 12.1. The number of hydrogen-bond donors (Lipinski definition) is 1. The normalized spacial score (nSPS) is 24.2. The van der Waals surface area contributed by atoms with Crippen LogP contribution in [0.3, 0.4) is 0 Å². The Bertz CT molecular complexity index is 1470. The molecule has 7 nitrogen and oxygen atoms in total. The second-order valence-corrected chi connectivity index (χ2v) is 12.1. The van der Waals surface area contributed by atoms with Crippen LogP contribution >= 0.6 is 0 Å². The van der Waals surface area contributed by atoms with Crippen molar-refractivity contribution < 1.29 is 19.4 Å². The Balaban J connectivity index is 1.25. The van der Waals surface area contributed by atoms with E-state index in [1.807, 2.05) is 47.2 Å². The number of epoxide rings is 1. The predicted molar refractivity (Wildman–Crippen MR) is 157 cm³/mol. The van der Waals surface area contributed by atoms with Gasteiger partial charge in [0.25, 0.3) is 5.91 Å². The number of nitrogens with zero attached hydrogens (tertiary/aromatic N) is 3. The summed E-state index contributed by atoms with van der Waals surface area (Å²) in [7, 11) is 1.87. The molecular weight excluding hydrogens is 502 g/mol. The van der Waals surface area contributed by atoms with Crippen LogP contribution < -0.4 is 14.7 Å². The van der Waals surface area contributed by atoms with Gasteiger partial charge in [-0.05, 0) is 82.1 Å². The number of ether oxygens (including phenoxy) is 1. The zero-order chi connectivity index (χ0) is 28.4. The molecular formula is C33H37N3O4. The molecule has 2 heterocycles. The molecule has 40 heavy (non-hydrogen) atoms. The van der Waals surface area contributed by atoms with Gasteiger partial charge in [0.2, 0.25) is 0 Å². The highest BCUT2D eigenvalue weighted by molar-refractivity contribution is 6.07. The van der Waals surface area contributed by atoms with E-state index in [2.05, 4.69) is 61.2 Å². The lowest BCUT2D eigenvalue weighted by atomic mass is 9.83. The topological polar surface area (TPSA) is 76.6 Å². The summed E-state index contributed by atoms with van der Waals surface area (Å²) in [6.07, 6.45) is 0.970. The lowest BCUT2D eigenvalue weighted by Crippen LogP contribution is -2.48. The van der Waals surface area contributed by atoms with Crippen molar-refractivity contribution in [3.8, 4) is 0 Å². The number of fused-ring (bicyclic) bond motifs is 5. The second kappa shape index (κ2) is 9.10. The Morgan fingerprint density at radius 1 is 1.02 bits per heavy atom. The van der Waals surface area contributed by atoms with Crippen LogP contribution in [-0.2, 0) is 14.9 Å². The highest BCUT2D eigenvalue weighted by Gasteiger charge is 2.96. The van der Waals surface area contributed by atoms with Gasteiger partial charge in [0.05, 0.1) is 10.8 Å². The average molecular weight is 540 g/mol. The van der Waals surface area contributed by atoms with E-state index in [9.17, 15) is 14.7 Å². The van der Waals surface area contributed by atoms with Gasteiger partial charge in [-0.25, -0.2) is 0 Å². The van der Waals surface area contributed by atoms with Gasteiger partial charge in [-0.2, -0.15) is 0 Å². The van der Waals surface area contributed by atoms with Crippen LogP contribution in [0.15, 0.2) is 72.8 Å². The van der Waals surface area contributed by atoms with E-state index in [1.54, 1.807) is 13.8 Å². The van der Waals surface area contributed by atoms with Crippen LogP contribution in [0, 0.1) is 12.3 Å². The Hall–Kier alpha value is -3.84. The maximum absolute atomic E-state index is 13.8. The quantitative estimate of drug-likeness (QED) is 0.383. The zero-order valence-electron chi connectivity index (χ0n) is 23.8. The summed E-state index contributed by atoms with van der Waals surface area (Å²) in [6, 6.07) is 24.4. The molecule has 1 saturated carbocycles. The third-order valence-electron chi connectivity index (χ3n) is 9.08. The molecule has 1 aliphatic carbocycles. The summed E-state index contributed by atoms with van der Waals surface area (Å²) >= 11 is 0. The summed E-state index contributed by atoms with van der Waals surface area (Å²) in [5.41, 5.74) is 4.68. The maximum Gasteiger partial charge on any atom is 0.310 e. The summed E-state index contributed by atoms with van der Waals surface area (Å²) in [6.45, 7) is 9.52. The van der Waals surface area contributed by atoms with Crippen molar-refractivity contribution >= 4 is 28.9 Å². The van der Waals surface area contributed by atoms with E-state index in [0.29, 0.717) is 18.7 Å². The third kappa shape index (κ3) is 3.74. The molecule has 3 atom stereocenters. The number of carbonyl (C=O) groups excluding carboxylic acids is 1. The molecule has 2 aliphatic heterocycles. The van der Waals surface area contributed by atoms with Crippen molar-refractivity contribution in [2.45, 2.75) is 51.4 Å². The monoisotopic (exact) mass is 539 g/mol. The summed E-state index contributed by atoms with van der Waals surface area (Å²) < 4.78 is 6.33. The van der Waals surface area contributed by atoms with E-state index in [4.69, 9.17) is 4.74 Å². The molecule has 6 rings (SSSR count). The van der Waals surface area contributed by atoms with Crippen LogP contribution in [0.4, 0.5) is 17.1 Å². The molecule has 0 aromatic heterocycles. The number of para-hydroxylation sites is 1. The van der Waals surface area contributed by atoms with Crippen molar-refractivity contribution in [1.29, 1.82) is 0 Å². The molecule has 1 spiro atoms. The number of anilines is 3. The maximum atomic E-state index is 13.8. The van der Waals surface area contributed by atoms with Crippen LogP contribution in [0.1, 0.15) is 48.7 Å². The van der Waals surface area contributed by atoms with Crippen LogP contribution in [0.5, 0.6) is 0 Å². The number of benzene rings is 3. The number of amides is 1. The Labute approximate surface area is 236 Å². The first-order chi connectivity index (χ1) is 19.1. The first-order valence-corrected chi connectivity index (χ1v) is 14.0. The molecule has 1 N–H and O–H groups in total. The standard InChI is InChI=1S/C33H37N3O4/c1-6-36(25-15-11-22(2)12-16-25)33-29(40-33)32(33)19-20-35(27-10-8-7-9-26(27)32)28(37)23-13-17-24(18-14-23)34(5)21-31(3,4)30(38)39/h7-18,29H,6,19-21H2,1-5H3,(H,38,39). The molecule has 7 heteroatoms. The number of carboxylic acids is 1. The van der Waals surface area contributed by atoms with Gasteiger partial charge in [0.1, 0.15) is 6.10 Å². The largest absolute Gasteiger partial charge is 0.481 e. The van der Waals surface area contributed by atoms with Gasteiger partial charge >= 0.3 is 5.97 Å². The van der Waals surface area contributed by atoms with Crippen LogP contribution in [0.2, 0.25) is 0 Å². The molecule has 0 radical (unpaired) electrons. The lowest BCUT2D eigenvalue weighted by Gasteiger charge is -2.41. The molecule has 1 amide bonds. The van der Waals surface area contributed by atoms with Crippen molar-refractivity contribution in [1.82, 2.24) is 0 Å². The smallest absolute Gasteiger partial charge is 0.310 e. The first-order valence-electron chi connectivity index (χ1n) is 14.0. The van der Waals surface area contributed by atoms with Gasteiger partial charge in [0, 0.05) is 49.3 Å². The van der Waals surface area contributed by atoms with Crippen molar-refractivity contribution in [2.24, 2.45) is 5.41 Å². The molecule has 0 bridgehead atoms. The van der Waals surface area contributed by atoms with E-state index < -0.39 is 11.4 Å². The Kier molecular flexibility index (Phi) is 6.00. The molecule has 1 saturated heterocycles. The minimum Gasteiger partial charge on any atom is -0.481 e. The molecule has 208 valence electrons. The number of likely N-dealkylation sites (N-methyl/N-ethyl adjacent to an activating group) is 1. The number of aryl methyl sites for hydroxylation is 1. The fourth-order valence-electron chi connectivity index (χ4n) is 6.78. The van der Waals surface area contributed by atoms with Crippen molar-refractivity contribution in [2.75, 3.05) is 41.4 Å². The van der Waals surface area contributed by atoms with Crippen LogP contribution in [0.25, 0.3) is 0 Å². The number of carboxylic acid groups (broad SMARTS) is 1. The number of aliphatic carboxylic acids is 1. The van der Waals surface area contributed by atoms with Crippen LogP contribution in [-0.4, -0.2) is 55.5 Å². The number of rotatable bonds is 8.